The lowest BCUT2D eigenvalue weighted by Gasteiger charge is -1.99. The van der Waals surface area contributed by atoms with Crippen LogP contribution in [-0.4, -0.2) is 19.7 Å². The van der Waals surface area contributed by atoms with Crippen molar-refractivity contribution in [1.82, 2.24) is 9.71 Å². The first kappa shape index (κ1) is 9.15. The Balaban J connectivity index is 0.00000144. The molecule has 4 nitrogen and oxygen atoms in total. The van der Waals surface area contributed by atoms with E-state index < -0.39 is 10.0 Å². The fourth-order valence-corrected chi connectivity index (χ4v) is 1.12. The minimum atomic E-state index is -3.11. The van der Waals surface area contributed by atoms with E-state index >= 15 is 0 Å². The predicted octanol–water partition coefficient (Wildman–Crippen LogP) is 0.377. The van der Waals surface area contributed by atoms with Gasteiger partial charge in [-0.3, -0.25) is 4.98 Å². The molecule has 68 valence electrons. The average Bonchev–Trinajstić information content (AvgIpc) is 2.02. The maximum Gasteiger partial charge on any atom is 0.209 e. The van der Waals surface area contributed by atoms with Crippen LogP contribution in [0.25, 0.3) is 0 Å². The highest BCUT2D eigenvalue weighted by Crippen LogP contribution is 1.92. The molecule has 0 atom stereocenters. The summed E-state index contributed by atoms with van der Waals surface area (Å²) in [5.74, 6) is 0. The molecule has 0 radical (unpaired) electrons. The number of hydrogen-bond acceptors (Lipinski definition) is 3. The molecule has 0 spiro atoms. The molecule has 1 heterocycles. The summed E-state index contributed by atoms with van der Waals surface area (Å²) in [5.41, 5.74) is 0.711. The molecule has 1 N–H and O–H groups in total. The lowest BCUT2D eigenvalue weighted by Crippen LogP contribution is -2.21. The molecule has 0 aromatic carbocycles. The Morgan fingerprint density at radius 1 is 1.58 bits per heavy atom. The Morgan fingerprint density at radius 3 is 2.83 bits per heavy atom. The van der Waals surface area contributed by atoms with E-state index in [9.17, 15) is 8.42 Å². The second kappa shape index (κ2) is 3.64. The fraction of sp³-hybridized carbons (Fsp3) is 0.286. The van der Waals surface area contributed by atoms with Crippen molar-refractivity contribution in [3.8, 4) is 0 Å². The summed E-state index contributed by atoms with van der Waals surface area (Å²) in [6, 6.07) is 5.36. The molecular weight excluding hydrogens is 176 g/mol. The van der Waals surface area contributed by atoms with Gasteiger partial charge >= 0.3 is 0 Å². The predicted molar refractivity (Wildman–Crippen MR) is 48.0 cm³/mol. The number of nitrogens with one attached hydrogen (secondary N) is 1. The quantitative estimate of drug-likeness (QED) is 0.746. The van der Waals surface area contributed by atoms with Gasteiger partial charge in [0.15, 0.2) is 0 Å². The van der Waals surface area contributed by atoms with Crippen LogP contribution in [-0.2, 0) is 16.6 Å². The van der Waals surface area contributed by atoms with Crippen LogP contribution in [0.5, 0.6) is 0 Å². The van der Waals surface area contributed by atoms with Crippen molar-refractivity contribution in [3.63, 3.8) is 0 Å². The van der Waals surface area contributed by atoms with Gasteiger partial charge in [-0.15, -0.1) is 0 Å². The van der Waals surface area contributed by atoms with E-state index in [2.05, 4.69) is 9.71 Å². The van der Waals surface area contributed by atoms with E-state index in [1.54, 1.807) is 18.3 Å². The number of rotatable bonds is 3. The monoisotopic (exact) mass is 188 g/mol. The van der Waals surface area contributed by atoms with Crippen LogP contribution in [0.4, 0.5) is 0 Å². The Bertz CT molecular complexity index is 339. The molecule has 0 aliphatic carbocycles. The third kappa shape index (κ3) is 3.45. The number of hydrogen-bond donors (Lipinski definition) is 1. The first-order valence-corrected chi connectivity index (χ1v) is 5.31. The van der Waals surface area contributed by atoms with Crippen LogP contribution >= 0.6 is 0 Å². The summed E-state index contributed by atoms with van der Waals surface area (Å²) in [5, 5.41) is 0. The van der Waals surface area contributed by atoms with Crippen molar-refractivity contribution in [2.75, 3.05) is 6.26 Å². The summed E-state index contributed by atoms with van der Waals surface area (Å²) in [7, 11) is -3.11. The molecule has 0 amide bonds. The second-order valence-electron chi connectivity index (χ2n) is 2.41. The van der Waals surface area contributed by atoms with Gasteiger partial charge in [0.05, 0.1) is 18.5 Å². The molecule has 1 rings (SSSR count). The number of sulfonamides is 1. The summed E-state index contributed by atoms with van der Waals surface area (Å²) in [6.07, 6.45) is 2.75. The average molecular weight is 188 g/mol. The molecule has 0 unspecified atom stereocenters. The van der Waals surface area contributed by atoms with Gasteiger partial charge in [-0.2, -0.15) is 0 Å². The van der Waals surface area contributed by atoms with E-state index in [1.807, 2.05) is 6.07 Å². The van der Waals surface area contributed by atoms with Crippen LogP contribution in [0.3, 0.4) is 0 Å². The highest BCUT2D eigenvalue weighted by Gasteiger charge is 1.99. The van der Waals surface area contributed by atoms with Gasteiger partial charge in [-0.25, -0.2) is 13.1 Å². The minimum Gasteiger partial charge on any atom is -0.260 e. The lowest BCUT2D eigenvalue weighted by molar-refractivity contribution is 0.586. The zero-order valence-electron chi connectivity index (χ0n) is 6.69. The van der Waals surface area contributed by atoms with Crippen molar-refractivity contribution in [2.24, 2.45) is 0 Å². The SMILES string of the molecule is CS(=O)(=O)NCc1ccccn1.[HH]. The Labute approximate surface area is 73.2 Å². The van der Waals surface area contributed by atoms with Crippen molar-refractivity contribution in [1.29, 1.82) is 0 Å². The first-order valence-electron chi connectivity index (χ1n) is 3.42. The van der Waals surface area contributed by atoms with Crippen molar-refractivity contribution < 1.29 is 9.84 Å². The van der Waals surface area contributed by atoms with Gasteiger partial charge in [0.1, 0.15) is 0 Å². The van der Waals surface area contributed by atoms with Crippen LogP contribution in [0.15, 0.2) is 24.4 Å². The lowest BCUT2D eigenvalue weighted by atomic mass is 10.4. The molecule has 0 saturated heterocycles. The Morgan fingerprint density at radius 2 is 2.33 bits per heavy atom. The third-order valence-electron chi connectivity index (χ3n) is 1.24. The van der Waals surface area contributed by atoms with Gasteiger partial charge in [0, 0.05) is 7.62 Å². The molecule has 0 saturated carbocycles. The molecule has 0 bridgehead atoms. The molecule has 0 fully saturated rings. The maximum atomic E-state index is 10.7. The molecule has 5 heteroatoms. The van der Waals surface area contributed by atoms with E-state index in [0.29, 0.717) is 5.69 Å². The zero-order valence-corrected chi connectivity index (χ0v) is 7.50. The maximum absolute atomic E-state index is 10.7. The zero-order chi connectivity index (χ0) is 9.03. The van der Waals surface area contributed by atoms with E-state index in [4.69, 9.17) is 0 Å². The number of aromatic nitrogens is 1. The normalized spacial score (nSPS) is 11.4. The molecule has 12 heavy (non-hydrogen) atoms. The third-order valence-corrected chi connectivity index (χ3v) is 1.91. The molecule has 0 aliphatic heterocycles. The van der Waals surface area contributed by atoms with Crippen LogP contribution in [0.2, 0.25) is 0 Å². The van der Waals surface area contributed by atoms with E-state index in [-0.39, 0.29) is 7.97 Å². The van der Waals surface area contributed by atoms with Crippen LogP contribution < -0.4 is 4.72 Å². The van der Waals surface area contributed by atoms with Crippen molar-refractivity contribution in [3.05, 3.63) is 30.1 Å². The van der Waals surface area contributed by atoms with Crippen molar-refractivity contribution >= 4 is 10.0 Å². The summed E-state index contributed by atoms with van der Waals surface area (Å²) in [4.78, 5) is 3.95. The molecule has 0 aliphatic rings. The van der Waals surface area contributed by atoms with E-state index in [0.717, 1.165) is 6.26 Å². The minimum absolute atomic E-state index is 0. The van der Waals surface area contributed by atoms with Gasteiger partial charge in [-0.1, -0.05) is 6.07 Å². The van der Waals surface area contributed by atoms with Crippen molar-refractivity contribution in [2.45, 2.75) is 6.54 Å². The van der Waals surface area contributed by atoms with Gasteiger partial charge < -0.3 is 0 Å². The van der Waals surface area contributed by atoms with Crippen LogP contribution in [0, 0.1) is 0 Å². The summed E-state index contributed by atoms with van der Waals surface area (Å²) < 4.78 is 23.7. The Kier molecular flexibility index (Phi) is 2.78. The summed E-state index contributed by atoms with van der Waals surface area (Å²) in [6.45, 7) is 0.250. The van der Waals surface area contributed by atoms with Gasteiger partial charge in [-0.05, 0) is 12.1 Å². The summed E-state index contributed by atoms with van der Waals surface area (Å²) >= 11 is 0. The molecule has 1 aromatic heterocycles. The van der Waals surface area contributed by atoms with E-state index in [1.165, 1.54) is 0 Å². The van der Waals surface area contributed by atoms with Gasteiger partial charge in [0.2, 0.25) is 10.0 Å². The number of nitrogens with zero attached hydrogens (tertiary/aromatic N) is 1. The Hall–Kier alpha value is -0.940. The highest BCUT2D eigenvalue weighted by atomic mass is 32.2. The topological polar surface area (TPSA) is 59.1 Å². The largest absolute Gasteiger partial charge is 0.260 e. The van der Waals surface area contributed by atoms with Crippen LogP contribution in [0.1, 0.15) is 7.12 Å². The second-order valence-corrected chi connectivity index (χ2v) is 4.25. The highest BCUT2D eigenvalue weighted by molar-refractivity contribution is 7.88. The smallest absolute Gasteiger partial charge is 0.209 e. The first-order chi connectivity index (χ1) is 5.58. The number of pyridine rings is 1. The fourth-order valence-electron chi connectivity index (χ4n) is 0.708. The molecule has 1 aromatic rings. The molecular formula is C7H12N2O2S. The standard InChI is InChI=1S/C7H10N2O2S.H2/c1-12(10,11)9-6-7-4-2-3-5-8-7;/h2-5,9H,6H2,1H3;1H. The van der Waals surface area contributed by atoms with Gasteiger partial charge in [0.25, 0.3) is 0 Å².